The predicted molar refractivity (Wildman–Crippen MR) is 53.4 cm³/mol. The molecule has 72 valence electrons. The number of rotatable bonds is 5. The van der Waals surface area contributed by atoms with Crippen molar-refractivity contribution >= 4 is 17.7 Å². The zero-order chi connectivity index (χ0) is 9.61. The lowest BCUT2D eigenvalue weighted by atomic mass is 9.92. The summed E-state index contributed by atoms with van der Waals surface area (Å²) in [6.45, 7) is 6.82. The van der Waals surface area contributed by atoms with Crippen LogP contribution < -0.4 is 0 Å². The van der Waals surface area contributed by atoms with Crippen LogP contribution in [0.2, 0.25) is 0 Å². The molecular formula is C9H18O2S. The van der Waals surface area contributed by atoms with Crippen molar-refractivity contribution in [2.24, 2.45) is 5.41 Å². The van der Waals surface area contributed by atoms with Crippen LogP contribution in [0, 0.1) is 5.41 Å². The maximum atomic E-state index is 11.0. The van der Waals surface area contributed by atoms with Crippen LogP contribution in [0.4, 0.5) is 0 Å². The van der Waals surface area contributed by atoms with Crippen molar-refractivity contribution in [2.45, 2.75) is 27.2 Å². The smallest absolute Gasteiger partial charge is 0.315 e. The average molecular weight is 190 g/mol. The molecule has 0 fully saturated rings. The molecule has 3 heteroatoms. The van der Waals surface area contributed by atoms with Gasteiger partial charge in [-0.2, -0.15) is 11.8 Å². The number of hydrogen-bond acceptors (Lipinski definition) is 3. The second-order valence-corrected chi connectivity index (χ2v) is 4.48. The van der Waals surface area contributed by atoms with E-state index in [2.05, 4.69) is 20.8 Å². The van der Waals surface area contributed by atoms with Crippen LogP contribution >= 0.6 is 11.8 Å². The van der Waals surface area contributed by atoms with Crippen molar-refractivity contribution in [1.82, 2.24) is 0 Å². The fourth-order valence-corrected chi connectivity index (χ4v) is 0.856. The third kappa shape index (κ3) is 5.47. The Bertz CT molecular complexity index is 143. The first-order chi connectivity index (χ1) is 5.52. The molecule has 0 aromatic heterocycles. The van der Waals surface area contributed by atoms with E-state index in [4.69, 9.17) is 4.74 Å². The third-order valence-corrected chi connectivity index (χ3v) is 2.37. The number of ether oxygens (including phenoxy) is 1. The van der Waals surface area contributed by atoms with Crippen LogP contribution in [-0.2, 0) is 9.53 Å². The summed E-state index contributed by atoms with van der Waals surface area (Å²) in [7, 11) is 0. The van der Waals surface area contributed by atoms with E-state index < -0.39 is 0 Å². The number of carbonyl (C=O) groups excluding carboxylic acids is 1. The van der Waals surface area contributed by atoms with Gasteiger partial charge in [-0.15, -0.1) is 0 Å². The highest BCUT2D eigenvalue weighted by atomic mass is 32.2. The van der Waals surface area contributed by atoms with Gasteiger partial charge in [0.05, 0.1) is 12.4 Å². The van der Waals surface area contributed by atoms with Crippen molar-refractivity contribution in [3.8, 4) is 0 Å². The Morgan fingerprint density at radius 3 is 2.50 bits per heavy atom. The molecule has 0 bridgehead atoms. The van der Waals surface area contributed by atoms with E-state index in [1.165, 1.54) is 11.8 Å². The molecule has 0 aliphatic rings. The standard InChI is InChI=1S/C9H18O2S/c1-5-9(2,3)7-11-8(10)6-12-4/h5-7H2,1-4H3. The zero-order valence-corrected chi connectivity index (χ0v) is 9.16. The summed E-state index contributed by atoms with van der Waals surface area (Å²) in [6, 6.07) is 0. The molecule has 0 N–H and O–H groups in total. The van der Waals surface area contributed by atoms with Gasteiger partial charge in [0, 0.05) is 0 Å². The highest BCUT2D eigenvalue weighted by Gasteiger charge is 2.17. The lowest BCUT2D eigenvalue weighted by molar-refractivity contribution is -0.143. The maximum absolute atomic E-state index is 11.0. The number of esters is 1. The van der Waals surface area contributed by atoms with Gasteiger partial charge < -0.3 is 4.74 Å². The van der Waals surface area contributed by atoms with Crippen molar-refractivity contribution in [1.29, 1.82) is 0 Å². The van der Waals surface area contributed by atoms with E-state index in [9.17, 15) is 4.79 Å². The Hall–Kier alpha value is -0.180. The molecule has 0 amide bonds. The largest absolute Gasteiger partial charge is 0.464 e. The Balaban J connectivity index is 3.60. The first-order valence-electron chi connectivity index (χ1n) is 4.16. The van der Waals surface area contributed by atoms with E-state index in [0.29, 0.717) is 12.4 Å². The summed E-state index contributed by atoms with van der Waals surface area (Å²) < 4.78 is 5.08. The van der Waals surface area contributed by atoms with E-state index in [0.717, 1.165) is 6.42 Å². The minimum absolute atomic E-state index is 0.107. The van der Waals surface area contributed by atoms with Gasteiger partial charge in [0.1, 0.15) is 0 Å². The van der Waals surface area contributed by atoms with Gasteiger partial charge in [-0.25, -0.2) is 0 Å². The second kappa shape index (κ2) is 5.46. The molecule has 0 rings (SSSR count). The van der Waals surface area contributed by atoms with Gasteiger partial charge in [0.25, 0.3) is 0 Å². The van der Waals surface area contributed by atoms with Crippen LogP contribution in [0.3, 0.4) is 0 Å². The van der Waals surface area contributed by atoms with Gasteiger partial charge in [0.15, 0.2) is 0 Å². The first-order valence-corrected chi connectivity index (χ1v) is 5.56. The highest BCUT2D eigenvalue weighted by Crippen LogP contribution is 2.19. The van der Waals surface area contributed by atoms with Crippen LogP contribution in [0.5, 0.6) is 0 Å². The molecule has 0 heterocycles. The quantitative estimate of drug-likeness (QED) is 0.622. The molecule has 0 saturated carbocycles. The van der Waals surface area contributed by atoms with E-state index >= 15 is 0 Å². The maximum Gasteiger partial charge on any atom is 0.315 e. The number of carbonyl (C=O) groups is 1. The van der Waals surface area contributed by atoms with Crippen LogP contribution in [-0.4, -0.2) is 24.6 Å². The minimum Gasteiger partial charge on any atom is -0.464 e. The molecule has 0 saturated heterocycles. The normalized spacial score (nSPS) is 11.3. The predicted octanol–water partition coefficient (Wildman–Crippen LogP) is 2.33. The fourth-order valence-electron chi connectivity index (χ4n) is 0.537. The molecule has 0 unspecified atom stereocenters. The van der Waals surface area contributed by atoms with Gasteiger partial charge >= 0.3 is 5.97 Å². The number of hydrogen-bond donors (Lipinski definition) is 0. The lowest BCUT2D eigenvalue weighted by Gasteiger charge is -2.21. The van der Waals surface area contributed by atoms with Crippen LogP contribution in [0.1, 0.15) is 27.2 Å². The van der Waals surface area contributed by atoms with Crippen molar-refractivity contribution in [3.05, 3.63) is 0 Å². The van der Waals surface area contributed by atoms with Crippen molar-refractivity contribution in [2.75, 3.05) is 18.6 Å². The Morgan fingerprint density at radius 2 is 2.08 bits per heavy atom. The Labute approximate surface area is 79.1 Å². The SMILES string of the molecule is CCC(C)(C)COC(=O)CSC. The summed E-state index contributed by atoms with van der Waals surface area (Å²) >= 11 is 1.49. The molecule has 0 spiro atoms. The van der Waals surface area contributed by atoms with E-state index in [1.54, 1.807) is 0 Å². The molecule has 0 aliphatic heterocycles. The minimum atomic E-state index is -0.107. The molecule has 0 aromatic carbocycles. The van der Waals surface area contributed by atoms with Crippen molar-refractivity contribution in [3.63, 3.8) is 0 Å². The van der Waals surface area contributed by atoms with Gasteiger partial charge in [-0.1, -0.05) is 20.8 Å². The van der Waals surface area contributed by atoms with E-state index in [1.807, 2.05) is 6.26 Å². The van der Waals surface area contributed by atoms with Crippen LogP contribution in [0.15, 0.2) is 0 Å². The third-order valence-electron chi connectivity index (χ3n) is 1.84. The fraction of sp³-hybridized carbons (Fsp3) is 0.889. The van der Waals surface area contributed by atoms with Crippen LogP contribution in [0.25, 0.3) is 0 Å². The monoisotopic (exact) mass is 190 g/mol. The summed E-state index contributed by atoms with van der Waals surface area (Å²) in [5, 5.41) is 0. The van der Waals surface area contributed by atoms with E-state index in [-0.39, 0.29) is 11.4 Å². The molecule has 12 heavy (non-hydrogen) atoms. The molecular weight excluding hydrogens is 172 g/mol. The molecule has 0 atom stereocenters. The van der Waals surface area contributed by atoms with Gasteiger partial charge in [-0.3, -0.25) is 4.79 Å². The Kier molecular flexibility index (Phi) is 5.38. The van der Waals surface area contributed by atoms with Crippen molar-refractivity contribution < 1.29 is 9.53 Å². The van der Waals surface area contributed by atoms with Gasteiger partial charge in [0.2, 0.25) is 0 Å². The summed E-state index contributed by atoms with van der Waals surface area (Å²) in [4.78, 5) is 11.0. The summed E-state index contributed by atoms with van der Waals surface area (Å²) in [5.74, 6) is 0.351. The topological polar surface area (TPSA) is 26.3 Å². The van der Waals surface area contributed by atoms with Gasteiger partial charge in [-0.05, 0) is 18.1 Å². The number of thioether (sulfide) groups is 1. The zero-order valence-electron chi connectivity index (χ0n) is 8.35. The summed E-state index contributed by atoms with van der Waals surface area (Å²) in [5.41, 5.74) is 0.119. The highest BCUT2D eigenvalue weighted by molar-refractivity contribution is 7.99. The summed E-state index contributed by atoms with van der Waals surface area (Å²) in [6.07, 6.45) is 2.92. The Morgan fingerprint density at radius 1 is 1.50 bits per heavy atom. The average Bonchev–Trinajstić information content (AvgIpc) is 2.02. The lowest BCUT2D eigenvalue weighted by Crippen LogP contribution is -2.21. The molecule has 2 nitrogen and oxygen atoms in total. The second-order valence-electron chi connectivity index (χ2n) is 3.61. The molecule has 0 aliphatic carbocycles. The molecule has 0 aromatic rings. The first kappa shape index (κ1) is 11.8. The molecule has 0 radical (unpaired) electrons.